The highest BCUT2D eigenvalue weighted by molar-refractivity contribution is 7.06. The van der Waals surface area contributed by atoms with Crippen LogP contribution in [0.5, 0.6) is 0 Å². The summed E-state index contributed by atoms with van der Waals surface area (Å²) in [5.41, 5.74) is 0.696. The average Bonchev–Trinajstić information content (AvgIpc) is 2.02. The average molecular weight is 194 g/mol. The van der Waals surface area contributed by atoms with Crippen molar-refractivity contribution in [3.63, 3.8) is 0 Å². The molecule has 0 spiro atoms. The van der Waals surface area contributed by atoms with E-state index in [0.717, 1.165) is 12.5 Å². The molecular weight excluding hydrogens is 174 g/mol. The van der Waals surface area contributed by atoms with Gasteiger partial charge >= 0.3 is 0 Å². The van der Waals surface area contributed by atoms with E-state index in [9.17, 15) is 0 Å². The Morgan fingerprint density at radius 3 is 2.27 bits per heavy atom. The van der Waals surface area contributed by atoms with E-state index in [1.54, 1.807) is 0 Å². The minimum Gasteiger partial charge on any atom is -0.328 e. The molecule has 0 aliphatic rings. The predicted octanol–water partition coefficient (Wildman–Crippen LogP) is 2.49. The molecule has 11 heavy (non-hydrogen) atoms. The van der Waals surface area contributed by atoms with Crippen molar-refractivity contribution in [3.05, 3.63) is 0 Å². The second-order valence-electron chi connectivity index (χ2n) is 3.20. The van der Waals surface area contributed by atoms with Crippen molar-refractivity contribution < 1.29 is 0 Å². The largest absolute Gasteiger partial charge is 0.328 e. The molecule has 0 heterocycles. The highest BCUT2D eigenvalue weighted by atomic mass is 35.6. The van der Waals surface area contributed by atoms with Gasteiger partial charge in [0.1, 0.15) is 0 Å². The minimum absolute atomic E-state index is 0.696. The van der Waals surface area contributed by atoms with Gasteiger partial charge in [-0.2, -0.15) is 11.1 Å². The van der Waals surface area contributed by atoms with Gasteiger partial charge in [-0.1, -0.05) is 34.1 Å². The molecule has 0 aromatic carbocycles. The van der Waals surface area contributed by atoms with E-state index >= 15 is 0 Å². The fourth-order valence-corrected chi connectivity index (χ4v) is 3.86. The highest BCUT2D eigenvalue weighted by Gasteiger charge is 2.20. The molecule has 0 fully saturated rings. The Bertz CT molecular complexity index is 100. The van der Waals surface area contributed by atoms with Gasteiger partial charge in [0.05, 0.1) is 0 Å². The van der Waals surface area contributed by atoms with Crippen LogP contribution in [0.15, 0.2) is 0 Å². The maximum Gasteiger partial charge on any atom is 0.214 e. The molecule has 0 aromatic rings. The SMILES string of the molecule is CCN[SiH](Cl)C(C)C(C)CC. The maximum atomic E-state index is 6.23. The van der Waals surface area contributed by atoms with Crippen LogP contribution in [0, 0.1) is 5.92 Å². The van der Waals surface area contributed by atoms with Crippen LogP contribution >= 0.6 is 11.1 Å². The van der Waals surface area contributed by atoms with Crippen LogP contribution in [0.25, 0.3) is 0 Å². The zero-order valence-electron chi connectivity index (χ0n) is 8.02. The van der Waals surface area contributed by atoms with Crippen LogP contribution in [0.1, 0.15) is 34.1 Å². The highest BCUT2D eigenvalue weighted by Crippen LogP contribution is 2.23. The number of rotatable bonds is 5. The summed E-state index contributed by atoms with van der Waals surface area (Å²) in [5.74, 6) is 0.767. The van der Waals surface area contributed by atoms with Gasteiger partial charge in [0.2, 0.25) is 8.27 Å². The normalized spacial score (nSPS) is 19.4. The number of halogens is 1. The van der Waals surface area contributed by atoms with E-state index in [0.29, 0.717) is 5.54 Å². The molecule has 3 unspecified atom stereocenters. The second kappa shape index (κ2) is 6.04. The Morgan fingerprint density at radius 2 is 1.91 bits per heavy atom. The third kappa shape index (κ3) is 4.14. The Morgan fingerprint density at radius 1 is 1.36 bits per heavy atom. The molecule has 0 aromatic heterocycles. The van der Waals surface area contributed by atoms with Gasteiger partial charge < -0.3 is 4.98 Å². The molecule has 1 N–H and O–H groups in total. The van der Waals surface area contributed by atoms with Crippen LogP contribution in [0.2, 0.25) is 5.54 Å². The minimum atomic E-state index is -1.15. The van der Waals surface area contributed by atoms with E-state index in [2.05, 4.69) is 32.7 Å². The Balaban J connectivity index is 3.70. The number of hydrogen-bond donors (Lipinski definition) is 1. The lowest BCUT2D eigenvalue weighted by Crippen LogP contribution is -2.34. The maximum absolute atomic E-state index is 6.23. The first-order valence-electron chi connectivity index (χ1n) is 4.50. The van der Waals surface area contributed by atoms with Crippen LogP contribution < -0.4 is 4.98 Å². The Kier molecular flexibility index (Phi) is 6.29. The molecule has 0 saturated heterocycles. The predicted molar refractivity (Wildman–Crippen MR) is 55.6 cm³/mol. The van der Waals surface area contributed by atoms with Gasteiger partial charge in [0.25, 0.3) is 0 Å². The third-order valence-corrected chi connectivity index (χ3v) is 6.44. The van der Waals surface area contributed by atoms with E-state index in [-0.39, 0.29) is 0 Å². The van der Waals surface area contributed by atoms with E-state index in [1.165, 1.54) is 6.42 Å². The fraction of sp³-hybridized carbons (Fsp3) is 1.00. The summed E-state index contributed by atoms with van der Waals surface area (Å²) in [7, 11) is -1.15. The quantitative estimate of drug-likeness (QED) is 0.523. The molecule has 0 aliphatic heterocycles. The first-order chi connectivity index (χ1) is 5.13. The zero-order chi connectivity index (χ0) is 8.85. The van der Waals surface area contributed by atoms with Gasteiger partial charge in [-0.25, -0.2) is 0 Å². The summed E-state index contributed by atoms with van der Waals surface area (Å²) in [5, 5.41) is 0. The smallest absolute Gasteiger partial charge is 0.214 e. The molecule has 0 saturated carbocycles. The molecular formula is C8H20ClNSi. The third-order valence-electron chi connectivity index (χ3n) is 2.40. The topological polar surface area (TPSA) is 12.0 Å². The summed E-state index contributed by atoms with van der Waals surface area (Å²) >= 11 is 6.23. The fourth-order valence-electron chi connectivity index (χ4n) is 1.04. The lowest BCUT2D eigenvalue weighted by molar-refractivity contribution is 0.533. The molecule has 3 atom stereocenters. The van der Waals surface area contributed by atoms with Gasteiger partial charge in [0, 0.05) is 0 Å². The van der Waals surface area contributed by atoms with Gasteiger partial charge in [-0.15, -0.1) is 0 Å². The van der Waals surface area contributed by atoms with E-state index < -0.39 is 8.27 Å². The summed E-state index contributed by atoms with van der Waals surface area (Å²) < 4.78 is 0. The molecule has 0 radical (unpaired) electrons. The van der Waals surface area contributed by atoms with Crippen molar-refractivity contribution in [1.29, 1.82) is 0 Å². The summed E-state index contributed by atoms with van der Waals surface area (Å²) in [4.78, 5) is 3.36. The van der Waals surface area contributed by atoms with Crippen molar-refractivity contribution in [3.8, 4) is 0 Å². The molecule has 0 aliphatic carbocycles. The lowest BCUT2D eigenvalue weighted by atomic mass is 10.1. The van der Waals surface area contributed by atoms with Crippen molar-refractivity contribution in [2.24, 2.45) is 5.92 Å². The Hall–Kier alpha value is 0.467. The lowest BCUT2D eigenvalue weighted by Gasteiger charge is -2.22. The van der Waals surface area contributed by atoms with E-state index in [1.807, 2.05) is 0 Å². The van der Waals surface area contributed by atoms with Crippen molar-refractivity contribution in [2.45, 2.75) is 39.7 Å². The van der Waals surface area contributed by atoms with Gasteiger partial charge in [-0.3, -0.25) is 0 Å². The van der Waals surface area contributed by atoms with Crippen molar-refractivity contribution in [2.75, 3.05) is 6.54 Å². The van der Waals surface area contributed by atoms with Crippen LogP contribution in [-0.2, 0) is 0 Å². The first-order valence-corrected chi connectivity index (χ1v) is 7.49. The molecule has 68 valence electrons. The summed E-state index contributed by atoms with van der Waals surface area (Å²) in [6.45, 7) is 9.91. The number of nitrogens with one attached hydrogen (secondary N) is 1. The van der Waals surface area contributed by atoms with Crippen molar-refractivity contribution in [1.82, 2.24) is 4.98 Å². The molecule has 1 nitrogen and oxygen atoms in total. The monoisotopic (exact) mass is 193 g/mol. The van der Waals surface area contributed by atoms with Crippen LogP contribution in [0.4, 0.5) is 0 Å². The standard InChI is InChI=1S/C8H20ClNSi/c1-5-7(3)8(4)11(9)10-6-2/h7-8,10-11H,5-6H2,1-4H3. The van der Waals surface area contributed by atoms with Crippen LogP contribution in [0.3, 0.4) is 0 Å². The first kappa shape index (κ1) is 11.5. The van der Waals surface area contributed by atoms with Gasteiger partial charge in [-0.05, 0) is 18.0 Å². The molecule has 0 amide bonds. The van der Waals surface area contributed by atoms with Crippen molar-refractivity contribution >= 4 is 19.3 Å². The van der Waals surface area contributed by atoms with Gasteiger partial charge in [0.15, 0.2) is 0 Å². The number of hydrogen-bond acceptors (Lipinski definition) is 1. The molecule has 0 rings (SSSR count). The summed E-state index contributed by atoms with van der Waals surface area (Å²) in [6.07, 6.45) is 1.24. The zero-order valence-corrected chi connectivity index (χ0v) is 9.93. The molecule has 3 heteroatoms. The summed E-state index contributed by atoms with van der Waals surface area (Å²) in [6, 6.07) is 0. The van der Waals surface area contributed by atoms with Crippen LogP contribution in [-0.4, -0.2) is 14.8 Å². The molecule has 0 bridgehead atoms. The van der Waals surface area contributed by atoms with E-state index in [4.69, 9.17) is 11.1 Å². The Labute approximate surface area is 76.9 Å². The second-order valence-corrected chi connectivity index (χ2v) is 6.88.